The monoisotopic (exact) mass is 254 g/mol. The molecule has 0 spiro atoms. The summed E-state index contributed by atoms with van der Waals surface area (Å²) in [5.41, 5.74) is -0.134. The van der Waals surface area contributed by atoms with E-state index in [4.69, 9.17) is 4.74 Å². The third-order valence-electron chi connectivity index (χ3n) is 4.14. The summed E-state index contributed by atoms with van der Waals surface area (Å²) in [6.45, 7) is 7.91. The fourth-order valence-electron chi connectivity index (χ4n) is 3.00. The average Bonchev–Trinajstić information content (AvgIpc) is 2.87. The van der Waals surface area contributed by atoms with E-state index in [1.54, 1.807) is 0 Å². The van der Waals surface area contributed by atoms with Gasteiger partial charge in [0, 0.05) is 6.61 Å². The Hall–Kier alpha value is -0.610. The zero-order valence-corrected chi connectivity index (χ0v) is 11.9. The summed E-state index contributed by atoms with van der Waals surface area (Å²) in [5, 5.41) is 3.40. The number of amides is 1. The molecule has 2 aliphatic rings. The summed E-state index contributed by atoms with van der Waals surface area (Å²) in [6, 6.07) is 0.0185. The van der Waals surface area contributed by atoms with Gasteiger partial charge in [-0.2, -0.15) is 0 Å². The van der Waals surface area contributed by atoms with Crippen LogP contribution in [0.5, 0.6) is 0 Å². The molecule has 1 amide bonds. The predicted molar refractivity (Wildman–Crippen MR) is 71.2 cm³/mol. The van der Waals surface area contributed by atoms with Crippen LogP contribution in [-0.2, 0) is 9.53 Å². The number of carbonyl (C=O) groups excluding carboxylic acids is 1. The number of unbranched alkanes of at least 4 members (excludes halogenated alkanes) is 1. The molecular weight excluding hydrogens is 228 g/mol. The van der Waals surface area contributed by atoms with Crippen molar-refractivity contribution in [3.63, 3.8) is 0 Å². The molecule has 2 saturated heterocycles. The SMILES string of the molecule is CCCCC1NC(C)N(CC2(C)CCCO2)C1=O. The van der Waals surface area contributed by atoms with E-state index in [0.717, 1.165) is 45.3 Å². The van der Waals surface area contributed by atoms with Gasteiger partial charge in [0.1, 0.15) is 0 Å². The Morgan fingerprint density at radius 2 is 2.33 bits per heavy atom. The maximum Gasteiger partial charge on any atom is 0.241 e. The summed E-state index contributed by atoms with van der Waals surface area (Å²) in [5.74, 6) is 0.257. The third kappa shape index (κ3) is 2.86. The van der Waals surface area contributed by atoms with Gasteiger partial charge >= 0.3 is 0 Å². The molecule has 0 saturated carbocycles. The summed E-state index contributed by atoms with van der Waals surface area (Å²) < 4.78 is 5.79. The summed E-state index contributed by atoms with van der Waals surface area (Å²) in [4.78, 5) is 14.3. The lowest BCUT2D eigenvalue weighted by molar-refractivity contribution is -0.133. The quantitative estimate of drug-likeness (QED) is 0.814. The van der Waals surface area contributed by atoms with Crippen molar-refractivity contribution in [2.45, 2.75) is 70.7 Å². The Labute approximate surface area is 110 Å². The van der Waals surface area contributed by atoms with Crippen LogP contribution in [0.2, 0.25) is 0 Å². The van der Waals surface area contributed by atoms with Crippen LogP contribution >= 0.6 is 0 Å². The number of nitrogens with zero attached hydrogens (tertiary/aromatic N) is 1. The molecule has 3 atom stereocenters. The molecule has 0 aromatic rings. The van der Waals surface area contributed by atoms with Crippen molar-refractivity contribution in [2.75, 3.05) is 13.2 Å². The van der Waals surface area contributed by atoms with E-state index in [1.165, 1.54) is 0 Å². The second-order valence-electron chi connectivity index (χ2n) is 5.91. The van der Waals surface area contributed by atoms with Crippen molar-refractivity contribution in [3.8, 4) is 0 Å². The molecule has 104 valence electrons. The maximum atomic E-state index is 12.4. The van der Waals surface area contributed by atoms with Crippen LogP contribution in [0.4, 0.5) is 0 Å². The molecule has 0 radical (unpaired) electrons. The molecule has 4 heteroatoms. The van der Waals surface area contributed by atoms with E-state index in [1.807, 2.05) is 4.90 Å². The normalized spacial score (nSPS) is 36.6. The molecule has 2 rings (SSSR count). The fourth-order valence-corrected chi connectivity index (χ4v) is 3.00. The molecule has 18 heavy (non-hydrogen) atoms. The molecule has 2 fully saturated rings. The summed E-state index contributed by atoms with van der Waals surface area (Å²) >= 11 is 0. The zero-order valence-electron chi connectivity index (χ0n) is 11.9. The van der Waals surface area contributed by atoms with E-state index in [9.17, 15) is 4.79 Å². The van der Waals surface area contributed by atoms with E-state index in [0.29, 0.717) is 0 Å². The van der Waals surface area contributed by atoms with Crippen LogP contribution in [0.1, 0.15) is 52.9 Å². The molecule has 0 aromatic carbocycles. The van der Waals surface area contributed by atoms with Gasteiger partial charge in [-0.05, 0) is 33.1 Å². The average molecular weight is 254 g/mol. The molecule has 3 unspecified atom stereocenters. The minimum atomic E-state index is -0.134. The first kappa shape index (κ1) is 13.8. The molecule has 0 aliphatic carbocycles. The van der Waals surface area contributed by atoms with Gasteiger partial charge in [-0.25, -0.2) is 0 Å². The first-order valence-corrected chi connectivity index (χ1v) is 7.26. The van der Waals surface area contributed by atoms with Gasteiger partial charge in [0.25, 0.3) is 0 Å². The van der Waals surface area contributed by atoms with E-state index in [2.05, 4.69) is 26.1 Å². The van der Waals surface area contributed by atoms with Gasteiger partial charge in [0.15, 0.2) is 0 Å². The van der Waals surface area contributed by atoms with Gasteiger partial charge in [-0.1, -0.05) is 19.8 Å². The van der Waals surface area contributed by atoms with Crippen LogP contribution in [0, 0.1) is 0 Å². The highest BCUT2D eigenvalue weighted by molar-refractivity contribution is 5.84. The second-order valence-corrected chi connectivity index (χ2v) is 5.91. The van der Waals surface area contributed by atoms with Crippen molar-refractivity contribution in [3.05, 3.63) is 0 Å². The van der Waals surface area contributed by atoms with Gasteiger partial charge in [0.05, 0.1) is 24.4 Å². The molecule has 1 N–H and O–H groups in total. The Morgan fingerprint density at radius 3 is 2.94 bits per heavy atom. The lowest BCUT2D eigenvalue weighted by Crippen LogP contribution is -2.45. The molecular formula is C14H26N2O2. The molecule has 4 nitrogen and oxygen atoms in total. The minimum absolute atomic E-state index is 0.0185. The standard InChI is InChI=1S/C14H26N2O2/c1-4-5-7-12-13(17)16(11(2)15-12)10-14(3)8-6-9-18-14/h11-12,15H,4-10H2,1-3H3. The number of nitrogens with one attached hydrogen (secondary N) is 1. The van der Waals surface area contributed by atoms with E-state index >= 15 is 0 Å². The Bertz CT molecular complexity index is 300. The number of hydrogen-bond acceptors (Lipinski definition) is 3. The van der Waals surface area contributed by atoms with Gasteiger partial charge in [-0.3, -0.25) is 10.1 Å². The van der Waals surface area contributed by atoms with Gasteiger partial charge in [0.2, 0.25) is 5.91 Å². The lowest BCUT2D eigenvalue weighted by Gasteiger charge is -2.31. The van der Waals surface area contributed by atoms with Crippen molar-refractivity contribution in [2.24, 2.45) is 0 Å². The zero-order chi connectivity index (χ0) is 13.2. The van der Waals surface area contributed by atoms with Crippen molar-refractivity contribution in [1.82, 2.24) is 10.2 Å². The highest BCUT2D eigenvalue weighted by Crippen LogP contribution is 2.28. The highest BCUT2D eigenvalue weighted by atomic mass is 16.5. The number of hydrogen-bond donors (Lipinski definition) is 1. The summed E-state index contributed by atoms with van der Waals surface area (Å²) in [6.07, 6.45) is 5.51. The van der Waals surface area contributed by atoms with Crippen LogP contribution in [0.15, 0.2) is 0 Å². The van der Waals surface area contributed by atoms with Crippen LogP contribution < -0.4 is 5.32 Å². The van der Waals surface area contributed by atoms with Crippen molar-refractivity contribution in [1.29, 1.82) is 0 Å². The van der Waals surface area contributed by atoms with Gasteiger partial charge in [-0.15, -0.1) is 0 Å². The number of ether oxygens (including phenoxy) is 1. The largest absolute Gasteiger partial charge is 0.373 e. The van der Waals surface area contributed by atoms with Crippen LogP contribution in [0.25, 0.3) is 0 Å². The molecule has 2 heterocycles. The Kier molecular flexibility index (Phi) is 4.28. The minimum Gasteiger partial charge on any atom is -0.373 e. The third-order valence-corrected chi connectivity index (χ3v) is 4.14. The lowest BCUT2D eigenvalue weighted by atomic mass is 10.0. The highest BCUT2D eigenvalue weighted by Gasteiger charge is 2.41. The van der Waals surface area contributed by atoms with E-state index < -0.39 is 0 Å². The topological polar surface area (TPSA) is 41.6 Å². The van der Waals surface area contributed by atoms with Crippen molar-refractivity contribution >= 4 is 5.91 Å². The van der Waals surface area contributed by atoms with E-state index in [-0.39, 0.29) is 23.7 Å². The summed E-state index contributed by atoms with van der Waals surface area (Å²) in [7, 11) is 0. The Morgan fingerprint density at radius 1 is 1.56 bits per heavy atom. The number of rotatable bonds is 5. The smallest absolute Gasteiger partial charge is 0.241 e. The van der Waals surface area contributed by atoms with Crippen LogP contribution in [0.3, 0.4) is 0 Å². The first-order chi connectivity index (χ1) is 8.56. The van der Waals surface area contributed by atoms with Crippen LogP contribution in [-0.4, -0.2) is 41.8 Å². The van der Waals surface area contributed by atoms with Gasteiger partial charge < -0.3 is 9.64 Å². The molecule has 2 aliphatic heterocycles. The van der Waals surface area contributed by atoms with Crippen molar-refractivity contribution < 1.29 is 9.53 Å². The first-order valence-electron chi connectivity index (χ1n) is 7.26. The maximum absolute atomic E-state index is 12.4. The Balaban J connectivity index is 1.94. The number of carbonyl (C=O) groups is 1. The molecule has 0 aromatic heterocycles. The fraction of sp³-hybridized carbons (Fsp3) is 0.929. The predicted octanol–water partition coefficient (Wildman–Crippen LogP) is 1.89. The second kappa shape index (κ2) is 5.57. The molecule has 0 bridgehead atoms.